The van der Waals surface area contributed by atoms with Gasteiger partial charge in [-0.25, -0.2) is 8.42 Å². The van der Waals surface area contributed by atoms with Gasteiger partial charge in [0.05, 0.1) is 16.9 Å². The van der Waals surface area contributed by atoms with Crippen LogP contribution in [0.5, 0.6) is 0 Å². The van der Waals surface area contributed by atoms with Crippen molar-refractivity contribution in [3.8, 4) is 0 Å². The van der Waals surface area contributed by atoms with Crippen molar-refractivity contribution in [2.45, 2.75) is 11.3 Å². The number of carbonyl (C=O) groups is 1. The predicted octanol–water partition coefficient (Wildman–Crippen LogP) is 3.31. The Morgan fingerprint density at radius 1 is 1.24 bits per heavy atom. The fraction of sp³-hybridized carbons (Fsp3) is 0.278. The average Bonchev–Trinajstić information content (AvgIpc) is 2.66. The molecule has 0 fully saturated rings. The molecular weight excluding hydrogens is 438 g/mol. The number of nitrogens with one attached hydrogen (secondary N) is 1. The van der Waals surface area contributed by atoms with E-state index in [2.05, 4.69) is 5.32 Å². The quantitative estimate of drug-likeness (QED) is 0.253. The molecule has 8 nitrogen and oxygen atoms in total. The van der Waals surface area contributed by atoms with E-state index in [0.29, 0.717) is 18.0 Å². The van der Waals surface area contributed by atoms with Gasteiger partial charge in [0.2, 0.25) is 15.9 Å². The number of non-ortho nitro benzene ring substituents is 1. The van der Waals surface area contributed by atoms with Gasteiger partial charge in [0, 0.05) is 28.6 Å². The second-order valence-corrected chi connectivity index (χ2v) is 9.56. The van der Waals surface area contributed by atoms with E-state index < -0.39 is 27.4 Å². The van der Waals surface area contributed by atoms with E-state index in [1.54, 1.807) is 23.9 Å². The van der Waals surface area contributed by atoms with Gasteiger partial charge in [-0.15, -0.1) is 11.8 Å². The van der Waals surface area contributed by atoms with Crippen LogP contribution in [0.1, 0.15) is 6.42 Å². The third-order valence-electron chi connectivity index (χ3n) is 3.74. The summed E-state index contributed by atoms with van der Waals surface area (Å²) < 4.78 is 25.0. The molecule has 0 unspecified atom stereocenters. The van der Waals surface area contributed by atoms with Crippen LogP contribution in [0.15, 0.2) is 53.4 Å². The first-order valence-electron chi connectivity index (χ1n) is 8.54. The summed E-state index contributed by atoms with van der Waals surface area (Å²) in [5.74, 6) is 0.279. The highest BCUT2D eigenvalue weighted by molar-refractivity contribution is 7.99. The lowest BCUT2D eigenvalue weighted by Gasteiger charge is -2.21. The molecule has 2 rings (SSSR count). The van der Waals surface area contributed by atoms with Gasteiger partial charge in [0.15, 0.2) is 0 Å². The lowest BCUT2D eigenvalue weighted by atomic mass is 10.3. The molecule has 0 atom stereocenters. The minimum Gasteiger partial charge on any atom is -0.354 e. The third kappa shape index (κ3) is 7.56. The van der Waals surface area contributed by atoms with Crippen LogP contribution in [0.4, 0.5) is 11.4 Å². The van der Waals surface area contributed by atoms with E-state index in [9.17, 15) is 23.3 Å². The SMILES string of the molecule is CS(=O)(=O)N(CC(=O)NCCCSc1ccc(Cl)cc1)c1cccc([N+](=O)[O-])c1. The lowest BCUT2D eigenvalue weighted by molar-refractivity contribution is -0.384. The van der Waals surface area contributed by atoms with Gasteiger partial charge in [-0.1, -0.05) is 17.7 Å². The summed E-state index contributed by atoms with van der Waals surface area (Å²) >= 11 is 7.46. The van der Waals surface area contributed by atoms with Crippen LogP contribution in [0.25, 0.3) is 0 Å². The van der Waals surface area contributed by atoms with Crippen LogP contribution >= 0.6 is 23.4 Å². The number of thioether (sulfide) groups is 1. The van der Waals surface area contributed by atoms with Crippen molar-refractivity contribution in [1.82, 2.24) is 5.32 Å². The Hall–Kier alpha value is -2.30. The number of nitrogens with zero attached hydrogens (tertiary/aromatic N) is 2. The lowest BCUT2D eigenvalue weighted by Crippen LogP contribution is -2.40. The Bertz CT molecular complexity index is 968. The number of halogens is 1. The number of sulfonamides is 1. The molecule has 0 aromatic heterocycles. The minimum absolute atomic E-state index is 0.0649. The highest BCUT2D eigenvalue weighted by Gasteiger charge is 2.22. The molecule has 0 saturated heterocycles. The first-order chi connectivity index (χ1) is 13.7. The highest BCUT2D eigenvalue weighted by atomic mass is 35.5. The van der Waals surface area contributed by atoms with Crippen LogP contribution in [-0.4, -0.2) is 44.3 Å². The van der Waals surface area contributed by atoms with Crippen molar-refractivity contribution in [2.75, 3.05) is 29.4 Å². The van der Waals surface area contributed by atoms with Crippen LogP contribution in [0.2, 0.25) is 5.02 Å². The van der Waals surface area contributed by atoms with Gasteiger partial charge in [-0.3, -0.25) is 19.2 Å². The summed E-state index contributed by atoms with van der Waals surface area (Å²) in [5, 5.41) is 14.3. The van der Waals surface area contributed by atoms with Crippen molar-refractivity contribution in [2.24, 2.45) is 0 Å². The maximum Gasteiger partial charge on any atom is 0.271 e. The molecular formula is C18H20ClN3O5S2. The van der Waals surface area contributed by atoms with Crippen LogP contribution in [0, 0.1) is 10.1 Å². The maximum atomic E-state index is 12.2. The molecule has 1 amide bonds. The largest absolute Gasteiger partial charge is 0.354 e. The van der Waals surface area contributed by atoms with Crippen LogP contribution in [-0.2, 0) is 14.8 Å². The number of amides is 1. The van der Waals surface area contributed by atoms with Gasteiger partial charge < -0.3 is 5.32 Å². The first-order valence-corrected chi connectivity index (χ1v) is 11.8. The molecule has 1 N–H and O–H groups in total. The van der Waals surface area contributed by atoms with Gasteiger partial charge in [-0.2, -0.15) is 0 Å². The fourth-order valence-corrected chi connectivity index (χ4v) is 4.20. The second kappa shape index (κ2) is 10.5. The number of benzene rings is 2. The number of rotatable bonds is 10. The van der Waals surface area contributed by atoms with Crippen molar-refractivity contribution < 1.29 is 18.1 Å². The first kappa shape index (κ1) is 23.0. The van der Waals surface area contributed by atoms with E-state index in [4.69, 9.17) is 11.6 Å². The van der Waals surface area contributed by atoms with Crippen molar-refractivity contribution in [3.63, 3.8) is 0 Å². The highest BCUT2D eigenvalue weighted by Crippen LogP contribution is 2.23. The molecule has 0 saturated carbocycles. The van der Waals surface area contributed by atoms with Crippen LogP contribution in [0.3, 0.4) is 0 Å². The summed E-state index contributed by atoms with van der Waals surface area (Å²) in [6.45, 7) is -0.0731. The predicted molar refractivity (Wildman–Crippen MR) is 115 cm³/mol. The molecule has 0 heterocycles. The molecule has 11 heteroatoms. The Balaban J connectivity index is 1.88. The number of anilines is 1. The van der Waals surface area contributed by atoms with E-state index >= 15 is 0 Å². The van der Waals surface area contributed by atoms with E-state index in [1.807, 2.05) is 12.1 Å². The summed E-state index contributed by atoms with van der Waals surface area (Å²) in [6.07, 6.45) is 1.64. The molecule has 2 aromatic rings. The van der Waals surface area contributed by atoms with E-state index in [0.717, 1.165) is 27.3 Å². The monoisotopic (exact) mass is 457 g/mol. The third-order valence-corrected chi connectivity index (χ3v) is 6.23. The summed E-state index contributed by atoms with van der Waals surface area (Å²) in [5.41, 5.74) is -0.189. The Kier molecular flexibility index (Phi) is 8.30. The number of hydrogen-bond donors (Lipinski definition) is 1. The molecule has 2 aromatic carbocycles. The van der Waals surface area contributed by atoms with Gasteiger partial charge in [0.1, 0.15) is 6.54 Å². The number of nitro benzene ring substituents is 1. The molecule has 29 heavy (non-hydrogen) atoms. The Morgan fingerprint density at radius 3 is 2.55 bits per heavy atom. The van der Waals surface area contributed by atoms with Crippen molar-refractivity contribution in [1.29, 1.82) is 0 Å². The molecule has 0 radical (unpaired) electrons. The molecule has 0 aliphatic carbocycles. The normalized spacial score (nSPS) is 11.1. The number of hydrogen-bond acceptors (Lipinski definition) is 6. The topological polar surface area (TPSA) is 110 Å². The van der Waals surface area contributed by atoms with E-state index in [1.165, 1.54) is 18.2 Å². The zero-order chi connectivity index (χ0) is 21.4. The average molecular weight is 458 g/mol. The molecule has 0 aliphatic rings. The minimum atomic E-state index is -3.80. The summed E-state index contributed by atoms with van der Waals surface area (Å²) in [6, 6.07) is 12.6. The number of nitro groups is 1. The van der Waals surface area contributed by atoms with Crippen molar-refractivity contribution >= 4 is 50.7 Å². The standard InChI is InChI=1S/C18H20ClN3O5S2/c1-29(26,27)21(15-4-2-5-16(12-15)22(24)25)13-18(23)20-10-3-11-28-17-8-6-14(19)7-9-17/h2,4-9,12H,3,10-11,13H2,1H3,(H,20,23). The fourth-order valence-electron chi connectivity index (χ4n) is 2.37. The maximum absolute atomic E-state index is 12.2. The van der Waals surface area contributed by atoms with Crippen LogP contribution < -0.4 is 9.62 Å². The smallest absolute Gasteiger partial charge is 0.271 e. The zero-order valence-corrected chi connectivity index (χ0v) is 18.0. The van der Waals surface area contributed by atoms with E-state index in [-0.39, 0.29) is 11.4 Å². The molecule has 0 bridgehead atoms. The number of carbonyl (C=O) groups excluding carboxylic acids is 1. The molecule has 0 aliphatic heterocycles. The van der Waals surface area contributed by atoms with Crippen molar-refractivity contribution in [3.05, 3.63) is 63.7 Å². The molecule has 156 valence electrons. The van der Waals surface area contributed by atoms with Gasteiger partial charge >= 0.3 is 0 Å². The van der Waals surface area contributed by atoms with Gasteiger partial charge in [0.25, 0.3) is 5.69 Å². The summed E-state index contributed by atoms with van der Waals surface area (Å²) in [7, 11) is -3.80. The van der Waals surface area contributed by atoms with Gasteiger partial charge in [-0.05, 0) is 42.5 Å². The summed E-state index contributed by atoms with van der Waals surface area (Å²) in [4.78, 5) is 23.6. The second-order valence-electron chi connectivity index (χ2n) is 6.05. The molecule has 0 spiro atoms. The Labute approximate surface area is 178 Å². The zero-order valence-electron chi connectivity index (χ0n) is 15.6. The Morgan fingerprint density at radius 2 is 1.93 bits per heavy atom.